The van der Waals surface area contributed by atoms with Crippen LogP contribution in [0.2, 0.25) is 0 Å². The second-order valence-electron chi connectivity index (χ2n) is 5.42. The molecule has 0 aromatic heterocycles. The molecule has 3 heteroatoms. The van der Waals surface area contributed by atoms with Crippen LogP contribution in [0.3, 0.4) is 0 Å². The Kier molecular flexibility index (Phi) is 3.71. The van der Waals surface area contributed by atoms with Crippen molar-refractivity contribution in [3.05, 3.63) is 34.9 Å². The van der Waals surface area contributed by atoms with Crippen LogP contribution in [-0.4, -0.2) is 23.2 Å². The van der Waals surface area contributed by atoms with Crippen molar-refractivity contribution in [2.75, 3.05) is 6.61 Å². The Morgan fingerprint density at radius 2 is 2.00 bits per heavy atom. The second-order valence-corrected chi connectivity index (χ2v) is 5.42. The fourth-order valence-corrected chi connectivity index (χ4v) is 2.66. The number of rotatable bonds is 3. The van der Waals surface area contributed by atoms with E-state index in [1.807, 2.05) is 32.0 Å². The van der Waals surface area contributed by atoms with E-state index in [1.54, 1.807) is 0 Å². The molecule has 18 heavy (non-hydrogen) atoms. The van der Waals surface area contributed by atoms with E-state index >= 15 is 0 Å². The van der Waals surface area contributed by atoms with Crippen LogP contribution in [0.25, 0.3) is 0 Å². The molecule has 0 aliphatic heterocycles. The SMILES string of the molecule is Cc1ccc(C)c(C(=O)NC2(CO)CCCC2)c1. The smallest absolute Gasteiger partial charge is 0.252 e. The number of aliphatic hydroxyl groups is 1. The molecule has 3 nitrogen and oxygen atoms in total. The normalized spacial score (nSPS) is 17.7. The van der Waals surface area contributed by atoms with Crippen LogP contribution >= 0.6 is 0 Å². The first-order valence-electron chi connectivity index (χ1n) is 6.57. The summed E-state index contributed by atoms with van der Waals surface area (Å²) < 4.78 is 0. The molecule has 1 amide bonds. The number of carbonyl (C=O) groups is 1. The van der Waals surface area contributed by atoms with E-state index in [0.29, 0.717) is 0 Å². The summed E-state index contributed by atoms with van der Waals surface area (Å²) in [6.45, 7) is 3.95. The first-order valence-corrected chi connectivity index (χ1v) is 6.57. The van der Waals surface area contributed by atoms with Gasteiger partial charge in [0.1, 0.15) is 0 Å². The minimum atomic E-state index is -0.396. The van der Waals surface area contributed by atoms with Crippen LogP contribution in [0.4, 0.5) is 0 Å². The predicted molar refractivity (Wildman–Crippen MR) is 71.7 cm³/mol. The van der Waals surface area contributed by atoms with Gasteiger partial charge in [-0.25, -0.2) is 0 Å². The van der Waals surface area contributed by atoms with Crippen molar-refractivity contribution in [1.82, 2.24) is 5.32 Å². The first kappa shape index (κ1) is 13.1. The summed E-state index contributed by atoms with van der Waals surface area (Å²) in [6, 6.07) is 5.87. The fraction of sp³-hybridized carbons (Fsp3) is 0.533. The summed E-state index contributed by atoms with van der Waals surface area (Å²) in [4.78, 5) is 12.3. The molecule has 0 radical (unpaired) electrons. The van der Waals surface area contributed by atoms with Crippen LogP contribution in [0.15, 0.2) is 18.2 Å². The Morgan fingerprint density at radius 1 is 1.33 bits per heavy atom. The molecular weight excluding hydrogens is 226 g/mol. The first-order chi connectivity index (χ1) is 8.56. The lowest BCUT2D eigenvalue weighted by molar-refractivity contribution is 0.0838. The van der Waals surface area contributed by atoms with E-state index in [4.69, 9.17) is 0 Å². The zero-order valence-corrected chi connectivity index (χ0v) is 11.1. The van der Waals surface area contributed by atoms with Gasteiger partial charge in [-0.3, -0.25) is 4.79 Å². The van der Waals surface area contributed by atoms with Gasteiger partial charge in [0, 0.05) is 5.56 Å². The molecule has 0 atom stereocenters. The summed E-state index contributed by atoms with van der Waals surface area (Å²) >= 11 is 0. The highest BCUT2D eigenvalue weighted by Crippen LogP contribution is 2.29. The quantitative estimate of drug-likeness (QED) is 0.861. The zero-order chi connectivity index (χ0) is 13.2. The van der Waals surface area contributed by atoms with E-state index in [2.05, 4.69) is 5.32 Å². The highest BCUT2D eigenvalue weighted by Gasteiger charge is 2.34. The number of hydrogen-bond acceptors (Lipinski definition) is 2. The molecule has 1 aromatic rings. The van der Waals surface area contributed by atoms with Gasteiger partial charge in [0.15, 0.2) is 0 Å². The van der Waals surface area contributed by atoms with Crippen LogP contribution in [-0.2, 0) is 0 Å². The van der Waals surface area contributed by atoms with E-state index < -0.39 is 5.54 Å². The molecule has 1 aliphatic carbocycles. The Morgan fingerprint density at radius 3 is 2.61 bits per heavy atom. The summed E-state index contributed by atoms with van der Waals surface area (Å²) in [5.41, 5.74) is 2.38. The van der Waals surface area contributed by atoms with Gasteiger partial charge in [-0.15, -0.1) is 0 Å². The Bertz CT molecular complexity index is 448. The van der Waals surface area contributed by atoms with Gasteiger partial charge in [0.05, 0.1) is 12.1 Å². The lowest BCUT2D eigenvalue weighted by Crippen LogP contribution is -2.49. The maximum atomic E-state index is 12.3. The molecule has 0 unspecified atom stereocenters. The summed E-state index contributed by atoms with van der Waals surface area (Å²) in [6.07, 6.45) is 3.90. The molecule has 1 saturated carbocycles. The number of nitrogens with one attached hydrogen (secondary N) is 1. The lowest BCUT2D eigenvalue weighted by atomic mass is 9.97. The maximum Gasteiger partial charge on any atom is 0.252 e. The monoisotopic (exact) mass is 247 g/mol. The molecule has 0 saturated heterocycles. The van der Waals surface area contributed by atoms with Crippen molar-refractivity contribution in [3.8, 4) is 0 Å². The van der Waals surface area contributed by atoms with Crippen molar-refractivity contribution in [3.63, 3.8) is 0 Å². The van der Waals surface area contributed by atoms with E-state index in [0.717, 1.165) is 42.4 Å². The van der Waals surface area contributed by atoms with Crippen molar-refractivity contribution in [1.29, 1.82) is 0 Å². The largest absolute Gasteiger partial charge is 0.394 e. The fourth-order valence-electron chi connectivity index (χ4n) is 2.66. The van der Waals surface area contributed by atoms with Gasteiger partial charge < -0.3 is 10.4 Å². The van der Waals surface area contributed by atoms with E-state index in [-0.39, 0.29) is 12.5 Å². The average molecular weight is 247 g/mol. The van der Waals surface area contributed by atoms with Gasteiger partial charge in [0.2, 0.25) is 0 Å². The highest BCUT2D eigenvalue weighted by atomic mass is 16.3. The summed E-state index contributed by atoms with van der Waals surface area (Å²) in [5.74, 6) is -0.0628. The van der Waals surface area contributed by atoms with Gasteiger partial charge in [-0.05, 0) is 38.3 Å². The van der Waals surface area contributed by atoms with Crippen molar-refractivity contribution in [2.24, 2.45) is 0 Å². The van der Waals surface area contributed by atoms with Gasteiger partial charge >= 0.3 is 0 Å². The van der Waals surface area contributed by atoms with Crippen LogP contribution in [0.1, 0.15) is 47.2 Å². The Labute approximate surface area is 108 Å². The van der Waals surface area contributed by atoms with Crippen LogP contribution < -0.4 is 5.32 Å². The molecule has 1 fully saturated rings. The molecule has 1 aromatic carbocycles. The minimum absolute atomic E-state index is 0.0314. The number of amides is 1. The van der Waals surface area contributed by atoms with E-state index in [9.17, 15) is 9.90 Å². The molecule has 0 bridgehead atoms. The number of aryl methyl sites for hydroxylation is 2. The maximum absolute atomic E-state index is 12.3. The van der Waals surface area contributed by atoms with Crippen LogP contribution in [0.5, 0.6) is 0 Å². The standard InChI is InChI=1S/C15H21NO2/c1-11-5-6-12(2)13(9-11)14(18)16-15(10-17)7-3-4-8-15/h5-6,9,17H,3-4,7-8,10H2,1-2H3,(H,16,18). The summed E-state index contributed by atoms with van der Waals surface area (Å²) in [7, 11) is 0. The number of aliphatic hydroxyl groups excluding tert-OH is 1. The van der Waals surface area contributed by atoms with Gasteiger partial charge in [0.25, 0.3) is 5.91 Å². The topological polar surface area (TPSA) is 49.3 Å². The Hall–Kier alpha value is -1.35. The van der Waals surface area contributed by atoms with Crippen LogP contribution in [0, 0.1) is 13.8 Å². The van der Waals surface area contributed by atoms with Gasteiger partial charge in [-0.1, -0.05) is 30.5 Å². The summed E-state index contributed by atoms with van der Waals surface area (Å²) in [5, 5.41) is 12.6. The lowest BCUT2D eigenvalue weighted by Gasteiger charge is -2.28. The third-order valence-electron chi connectivity index (χ3n) is 3.88. The third kappa shape index (κ3) is 2.56. The molecule has 0 spiro atoms. The second kappa shape index (κ2) is 5.11. The number of carbonyl (C=O) groups excluding carboxylic acids is 1. The molecule has 0 heterocycles. The average Bonchev–Trinajstić information content (AvgIpc) is 2.81. The van der Waals surface area contributed by atoms with Crippen molar-refractivity contribution < 1.29 is 9.90 Å². The molecule has 1 aliphatic rings. The van der Waals surface area contributed by atoms with Gasteiger partial charge in [-0.2, -0.15) is 0 Å². The van der Waals surface area contributed by atoms with E-state index in [1.165, 1.54) is 0 Å². The van der Waals surface area contributed by atoms with Crippen molar-refractivity contribution in [2.45, 2.75) is 45.1 Å². The highest BCUT2D eigenvalue weighted by molar-refractivity contribution is 5.96. The third-order valence-corrected chi connectivity index (χ3v) is 3.88. The molecule has 98 valence electrons. The minimum Gasteiger partial charge on any atom is -0.394 e. The number of benzene rings is 1. The molecular formula is C15H21NO2. The zero-order valence-electron chi connectivity index (χ0n) is 11.1. The molecule has 2 rings (SSSR count). The van der Waals surface area contributed by atoms with Crippen molar-refractivity contribution >= 4 is 5.91 Å². The number of hydrogen-bond donors (Lipinski definition) is 2. The molecule has 2 N–H and O–H groups in total. The Balaban J connectivity index is 2.18. The predicted octanol–water partition coefficient (Wildman–Crippen LogP) is 2.34.